The van der Waals surface area contributed by atoms with E-state index in [9.17, 15) is 4.79 Å². The van der Waals surface area contributed by atoms with Crippen molar-refractivity contribution in [3.8, 4) is 0 Å². The third kappa shape index (κ3) is 2.51. The molecule has 2 aromatic carbocycles. The number of aromatic nitrogens is 1. The van der Waals surface area contributed by atoms with E-state index in [0.717, 1.165) is 20.7 Å². The molecule has 0 amide bonds. The van der Waals surface area contributed by atoms with E-state index in [2.05, 4.69) is 4.98 Å². The van der Waals surface area contributed by atoms with E-state index in [1.54, 1.807) is 36.2 Å². The normalized spacial score (nSPS) is 10.6. The predicted molar refractivity (Wildman–Crippen MR) is 79.3 cm³/mol. The van der Waals surface area contributed by atoms with Crippen LogP contribution in [-0.4, -0.2) is 16.1 Å². The highest BCUT2D eigenvalue weighted by atomic mass is 32.2. The van der Waals surface area contributed by atoms with Crippen molar-refractivity contribution in [1.29, 1.82) is 0 Å². The number of benzene rings is 2. The van der Waals surface area contributed by atoms with Crippen molar-refractivity contribution in [2.45, 2.75) is 9.79 Å². The Morgan fingerprint density at radius 1 is 1.05 bits per heavy atom. The van der Waals surface area contributed by atoms with Gasteiger partial charge in [-0.05, 0) is 30.3 Å². The highest BCUT2D eigenvalue weighted by Gasteiger charge is 2.06. The Balaban J connectivity index is 2.01. The summed E-state index contributed by atoms with van der Waals surface area (Å²) in [6.07, 6.45) is 1.77. The zero-order chi connectivity index (χ0) is 13.9. The fourth-order valence-corrected chi connectivity index (χ4v) is 2.98. The number of carboxylic acids is 1. The van der Waals surface area contributed by atoms with Gasteiger partial charge in [0.25, 0.3) is 0 Å². The first-order valence-electron chi connectivity index (χ1n) is 6.09. The van der Waals surface area contributed by atoms with Crippen molar-refractivity contribution in [2.24, 2.45) is 0 Å². The molecule has 0 unspecified atom stereocenters. The van der Waals surface area contributed by atoms with Gasteiger partial charge in [0.2, 0.25) is 0 Å². The Labute approximate surface area is 120 Å². The van der Waals surface area contributed by atoms with E-state index in [1.807, 2.05) is 36.4 Å². The van der Waals surface area contributed by atoms with Crippen LogP contribution >= 0.6 is 11.8 Å². The number of aromatic carboxylic acids is 1. The highest BCUT2D eigenvalue weighted by molar-refractivity contribution is 7.99. The molecule has 4 heteroatoms. The Morgan fingerprint density at radius 2 is 1.90 bits per heavy atom. The molecule has 1 N–H and O–H groups in total. The fraction of sp³-hybridized carbons (Fsp3) is 0. The van der Waals surface area contributed by atoms with E-state index >= 15 is 0 Å². The number of carbonyl (C=O) groups is 1. The summed E-state index contributed by atoms with van der Waals surface area (Å²) in [4.78, 5) is 17.3. The second-order valence-electron chi connectivity index (χ2n) is 4.26. The summed E-state index contributed by atoms with van der Waals surface area (Å²) in [5, 5.41) is 10.1. The molecule has 0 atom stereocenters. The van der Waals surface area contributed by atoms with Crippen LogP contribution in [0.25, 0.3) is 10.9 Å². The predicted octanol–water partition coefficient (Wildman–Crippen LogP) is 4.08. The molecule has 0 saturated carbocycles. The average Bonchev–Trinajstić information content (AvgIpc) is 2.48. The number of rotatable bonds is 3. The molecule has 0 spiro atoms. The molecule has 0 fully saturated rings. The van der Waals surface area contributed by atoms with Gasteiger partial charge >= 0.3 is 5.97 Å². The number of hydrogen-bond donors (Lipinski definition) is 1. The van der Waals surface area contributed by atoms with Crippen LogP contribution in [0, 0.1) is 0 Å². The van der Waals surface area contributed by atoms with Crippen molar-refractivity contribution in [2.75, 3.05) is 0 Å². The fourth-order valence-electron chi connectivity index (χ4n) is 1.98. The third-order valence-electron chi connectivity index (χ3n) is 2.92. The van der Waals surface area contributed by atoms with Crippen LogP contribution in [0.15, 0.2) is 70.6 Å². The second kappa shape index (κ2) is 5.35. The molecule has 3 nitrogen and oxygen atoms in total. The van der Waals surface area contributed by atoms with Crippen LogP contribution in [0.4, 0.5) is 0 Å². The molecule has 1 aromatic heterocycles. The van der Waals surface area contributed by atoms with Gasteiger partial charge in [-0.1, -0.05) is 36.0 Å². The average molecular weight is 281 g/mol. The molecule has 0 radical (unpaired) electrons. The number of para-hydroxylation sites is 1. The minimum absolute atomic E-state index is 0.299. The van der Waals surface area contributed by atoms with Gasteiger partial charge in [-0.3, -0.25) is 4.98 Å². The third-order valence-corrected chi connectivity index (χ3v) is 3.98. The second-order valence-corrected chi connectivity index (χ2v) is 5.38. The van der Waals surface area contributed by atoms with Crippen LogP contribution in [0.3, 0.4) is 0 Å². The molecular weight excluding hydrogens is 270 g/mol. The first-order chi connectivity index (χ1) is 9.74. The van der Waals surface area contributed by atoms with Crippen molar-refractivity contribution in [3.63, 3.8) is 0 Å². The van der Waals surface area contributed by atoms with Crippen molar-refractivity contribution in [3.05, 3.63) is 66.4 Å². The summed E-state index contributed by atoms with van der Waals surface area (Å²) in [7, 11) is 0. The summed E-state index contributed by atoms with van der Waals surface area (Å²) >= 11 is 1.55. The number of hydrogen-bond acceptors (Lipinski definition) is 3. The van der Waals surface area contributed by atoms with Crippen molar-refractivity contribution >= 4 is 28.6 Å². The number of pyridine rings is 1. The van der Waals surface area contributed by atoms with Gasteiger partial charge in [0.1, 0.15) is 0 Å². The van der Waals surface area contributed by atoms with Gasteiger partial charge in [0.15, 0.2) is 0 Å². The lowest BCUT2D eigenvalue weighted by Crippen LogP contribution is -1.95. The monoisotopic (exact) mass is 281 g/mol. The summed E-state index contributed by atoms with van der Waals surface area (Å²) in [6, 6.07) is 16.8. The molecule has 0 saturated heterocycles. The molecule has 0 aliphatic heterocycles. The highest BCUT2D eigenvalue weighted by Crippen LogP contribution is 2.32. The lowest BCUT2D eigenvalue weighted by molar-refractivity contribution is 0.0696. The Bertz CT molecular complexity index is 781. The Hall–Kier alpha value is -2.33. The number of carboxylic acid groups (broad SMARTS) is 1. The summed E-state index contributed by atoms with van der Waals surface area (Å²) in [5.41, 5.74) is 1.24. The summed E-state index contributed by atoms with van der Waals surface area (Å²) < 4.78 is 0. The van der Waals surface area contributed by atoms with Gasteiger partial charge in [-0.15, -0.1) is 0 Å². The maximum Gasteiger partial charge on any atom is 0.335 e. The van der Waals surface area contributed by atoms with Crippen LogP contribution < -0.4 is 0 Å². The summed E-state index contributed by atoms with van der Waals surface area (Å²) in [5.74, 6) is -0.910. The van der Waals surface area contributed by atoms with Crippen LogP contribution in [-0.2, 0) is 0 Å². The minimum atomic E-state index is -0.910. The molecule has 98 valence electrons. The summed E-state index contributed by atoms with van der Waals surface area (Å²) in [6.45, 7) is 0. The first kappa shape index (κ1) is 12.7. The van der Waals surface area contributed by atoms with Gasteiger partial charge in [-0.25, -0.2) is 4.79 Å². The molecule has 3 aromatic rings. The van der Waals surface area contributed by atoms with Crippen molar-refractivity contribution in [1.82, 2.24) is 4.98 Å². The van der Waals surface area contributed by atoms with Gasteiger partial charge in [0.05, 0.1) is 11.1 Å². The van der Waals surface area contributed by atoms with Crippen LogP contribution in [0.5, 0.6) is 0 Å². The maximum atomic E-state index is 11.0. The van der Waals surface area contributed by atoms with E-state index < -0.39 is 5.97 Å². The van der Waals surface area contributed by atoms with E-state index in [4.69, 9.17) is 5.11 Å². The molecular formula is C16H11NO2S. The molecule has 0 aliphatic rings. The zero-order valence-corrected chi connectivity index (χ0v) is 11.3. The van der Waals surface area contributed by atoms with Crippen LogP contribution in [0.2, 0.25) is 0 Å². The largest absolute Gasteiger partial charge is 0.478 e. The van der Waals surface area contributed by atoms with E-state index in [0.29, 0.717) is 5.56 Å². The Morgan fingerprint density at radius 3 is 2.75 bits per heavy atom. The standard InChI is InChI=1S/C16H11NO2S/c18-16(19)11-4-3-5-12(10-11)20-15-8-9-17-14-7-2-1-6-13(14)15/h1-10H,(H,18,19). The number of fused-ring (bicyclic) bond motifs is 1. The minimum Gasteiger partial charge on any atom is -0.478 e. The van der Waals surface area contributed by atoms with Crippen LogP contribution in [0.1, 0.15) is 10.4 Å². The van der Waals surface area contributed by atoms with Crippen molar-refractivity contribution < 1.29 is 9.90 Å². The molecule has 1 heterocycles. The molecule has 0 aliphatic carbocycles. The smallest absolute Gasteiger partial charge is 0.335 e. The SMILES string of the molecule is O=C(O)c1cccc(Sc2ccnc3ccccc23)c1. The zero-order valence-electron chi connectivity index (χ0n) is 10.5. The Kier molecular flexibility index (Phi) is 3.39. The van der Waals surface area contributed by atoms with Gasteiger partial charge < -0.3 is 5.11 Å². The quantitative estimate of drug-likeness (QED) is 0.785. The lowest BCUT2D eigenvalue weighted by atomic mass is 10.2. The molecule has 0 bridgehead atoms. The molecule has 3 rings (SSSR count). The maximum absolute atomic E-state index is 11.0. The lowest BCUT2D eigenvalue weighted by Gasteiger charge is -2.06. The van der Waals surface area contributed by atoms with Gasteiger partial charge in [0, 0.05) is 21.4 Å². The topological polar surface area (TPSA) is 50.2 Å². The number of nitrogens with zero attached hydrogens (tertiary/aromatic N) is 1. The van der Waals surface area contributed by atoms with E-state index in [1.165, 1.54) is 0 Å². The van der Waals surface area contributed by atoms with E-state index in [-0.39, 0.29) is 0 Å². The molecule has 20 heavy (non-hydrogen) atoms. The van der Waals surface area contributed by atoms with Gasteiger partial charge in [-0.2, -0.15) is 0 Å². The first-order valence-corrected chi connectivity index (χ1v) is 6.91.